The van der Waals surface area contributed by atoms with Gasteiger partial charge in [-0.05, 0) is 29.8 Å². The molecule has 0 spiro atoms. The molecule has 2 aromatic rings. The third-order valence-electron chi connectivity index (χ3n) is 2.71. The summed E-state index contributed by atoms with van der Waals surface area (Å²) in [6, 6.07) is 9.87. The molecule has 0 unspecified atom stereocenters. The van der Waals surface area contributed by atoms with Crippen LogP contribution < -0.4 is 4.74 Å². The fraction of sp³-hybridized carbons (Fsp3) is 0.143. The second-order valence-electron chi connectivity index (χ2n) is 4.37. The summed E-state index contributed by atoms with van der Waals surface area (Å²) >= 11 is 0. The van der Waals surface area contributed by atoms with E-state index >= 15 is 0 Å². The summed E-state index contributed by atoms with van der Waals surface area (Å²) in [5, 5.41) is 11.3. The molecule has 0 aliphatic carbocycles. The highest BCUT2D eigenvalue weighted by molar-refractivity contribution is 7.90. The summed E-state index contributed by atoms with van der Waals surface area (Å²) in [6.07, 6.45) is 3.90. The van der Waals surface area contributed by atoms with Crippen LogP contribution in [0.5, 0.6) is 5.75 Å². The lowest BCUT2D eigenvalue weighted by Gasteiger charge is -2.06. The Kier molecular flexibility index (Phi) is 4.54. The molecule has 0 atom stereocenters. The summed E-state index contributed by atoms with van der Waals surface area (Å²) in [6.45, 7) is 0.305. The predicted octanol–water partition coefficient (Wildman–Crippen LogP) is 1.87. The minimum atomic E-state index is -3.18. The van der Waals surface area contributed by atoms with Crippen LogP contribution in [0.1, 0.15) is 11.3 Å². The summed E-state index contributed by atoms with van der Waals surface area (Å²) in [4.78, 5) is 4.29. The van der Waals surface area contributed by atoms with Gasteiger partial charge in [0.15, 0.2) is 9.84 Å². The van der Waals surface area contributed by atoms with Gasteiger partial charge in [0.05, 0.1) is 23.0 Å². The summed E-state index contributed by atoms with van der Waals surface area (Å²) in [5.74, 6) is 0.567. The molecule has 0 radical (unpaired) electrons. The van der Waals surface area contributed by atoms with Crippen LogP contribution in [0.4, 0.5) is 0 Å². The van der Waals surface area contributed by atoms with E-state index in [0.717, 1.165) is 5.56 Å². The van der Waals surface area contributed by atoms with E-state index in [-0.39, 0.29) is 4.90 Å². The van der Waals surface area contributed by atoms with Gasteiger partial charge in [-0.3, -0.25) is 4.98 Å². The zero-order valence-electron chi connectivity index (χ0n) is 11.3. The molecule has 6 nitrogen and oxygen atoms in total. The highest BCUT2D eigenvalue weighted by Crippen LogP contribution is 2.14. The summed E-state index contributed by atoms with van der Waals surface area (Å²) in [5.41, 5.74) is 1.37. The Hall–Kier alpha value is -2.41. The first-order valence-electron chi connectivity index (χ1n) is 6.04. The largest absolute Gasteiger partial charge is 0.487 e. The van der Waals surface area contributed by atoms with Gasteiger partial charge in [-0.25, -0.2) is 8.42 Å². The second kappa shape index (κ2) is 6.36. The molecule has 0 aliphatic heterocycles. The third kappa shape index (κ3) is 4.28. The second-order valence-corrected chi connectivity index (χ2v) is 6.38. The molecule has 7 heteroatoms. The van der Waals surface area contributed by atoms with E-state index < -0.39 is 9.84 Å². The number of ether oxygens (including phenoxy) is 1. The first-order chi connectivity index (χ1) is 9.99. The number of nitrogens with zero attached hydrogens (tertiary/aromatic N) is 2. The number of rotatable bonds is 5. The lowest BCUT2D eigenvalue weighted by molar-refractivity contribution is 0.305. The molecule has 110 valence electrons. The number of hydrogen-bond acceptors (Lipinski definition) is 6. The Morgan fingerprint density at radius 2 is 1.95 bits per heavy atom. The first kappa shape index (κ1) is 15.0. The van der Waals surface area contributed by atoms with Crippen molar-refractivity contribution in [3.05, 3.63) is 53.9 Å². The maximum absolute atomic E-state index is 11.3. The Labute approximate surface area is 122 Å². The van der Waals surface area contributed by atoms with Crippen molar-refractivity contribution in [3.63, 3.8) is 0 Å². The molecule has 1 N–H and O–H groups in total. The minimum absolute atomic E-state index is 0.278. The highest BCUT2D eigenvalue weighted by Gasteiger charge is 2.06. The summed E-state index contributed by atoms with van der Waals surface area (Å²) < 4.78 is 28.2. The van der Waals surface area contributed by atoms with Crippen LogP contribution in [-0.4, -0.2) is 31.1 Å². The van der Waals surface area contributed by atoms with Gasteiger partial charge in [-0.15, -0.1) is 0 Å². The van der Waals surface area contributed by atoms with Crippen LogP contribution in [0, 0.1) is 0 Å². The van der Waals surface area contributed by atoms with Gasteiger partial charge >= 0.3 is 0 Å². The van der Waals surface area contributed by atoms with Gasteiger partial charge in [0.2, 0.25) is 0 Å². The molecule has 2 rings (SSSR count). The van der Waals surface area contributed by atoms with Crippen molar-refractivity contribution in [2.75, 3.05) is 6.26 Å². The molecule has 0 bridgehead atoms. The van der Waals surface area contributed by atoms with Crippen molar-refractivity contribution in [1.82, 2.24) is 4.98 Å². The van der Waals surface area contributed by atoms with E-state index in [9.17, 15) is 8.42 Å². The topological polar surface area (TPSA) is 88.9 Å². The van der Waals surface area contributed by atoms with Crippen LogP contribution >= 0.6 is 0 Å². The van der Waals surface area contributed by atoms with E-state index in [0.29, 0.717) is 18.1 Å². The maximum Gasteiger partial charge on any atom is 0.175 e. The Bertz CT molecular complexity index is 723. The molecule has 1 heterocycles. The molecule has 0 saturated heterocycles. The molecule has 21 heavy (non-hydrogen) atoms. The van der Waals surface area contributed by atoms with E-state index in [1.807, 2.05) is 0 Å². The number of hydrogen-bond donors (Lipinski definition) is 1. The molecule has 0 fully saturated rings. The van der Waals surface area contributed by atoms with Crippen molar-refractivity contribution in [3.8, 4) is 5.75 Å². The zero-order valence-corrected chi connectivity index (χ0v) is 12.1. The highest BCUT2D eigenvalue weighted by atomic mass is 32.2. The number of aromatic nitrogens is 1. The van der Waals surface area contributed by atoms with Gasteiger partial charge in [0.1, 0.15) is 12.4 Å². The van der Waals surface area contributed by atoms with Crippen LogP contribution in [0.2, 0.25) is 0 Å². The van der Waals surface area contributed by atoms with Gasteiger partial charge in [0, 0.05) is 6.26 Å². The lowest BCUT2D eigenvalue weighted by atomic mass is 10.2. The Balaban J connectivity index is 1.99. The molecular weight excluding hydrogens is 292 g/mol. The standard InChI is InChI=1S/C14H14N2O4S/c1-21(18,19)14-6-2-11(3-7-14)10-20-13-5-4-12(8-16-17)15-9-13/h2-9,17H,10H2,1H3. The van der Waals surface area contributed by atoms with Crippen molar-refractivity contribution in [1.29, 1.82) is 0 Å². The molecule has 0 saturated carbocycles. The molecule has 0 aliphatic rings. The monoisotopic (exact) mass is 306 g/mol. The summed E-state index contributed by atoms with van der Waals surface area (Å²) in [7, 11) is -3.18. The van der Waals surface area contributed by atoms with Crippen molar-refractivity contribution < 1.29 is 18.4 Å². The fourth-order valence-electron chi connectivity index (χ4n) is 1.61. The Morgan fingerprint density at radius 3 is 2.48 bits per heavy atom. The van der Waals surface area contributed by atoms with Gasteiger partial charge in [0.25, 0.3) is 0 Å². The van der Waals surface area contributed by atoms with Gasteiger partial charge in [-0.1, -0.05) is 17.3 Å². The van der Waals surface area contributed by atoms with Gasteiger partial charge in [-0.2, -0.15) is 0 Å². The van der Waals surface area contributed by atoms with Crippen LogP contribution in [0.25, 0.3) is 0 Å². The maximum atomic E-state index is 11.3. The van der Waals surface area contributed by atoms with Crippen LogP contribution in [-0.2, 0) is 16.4 Å². The van der Waals surface area contributed by atoms with Crippen molar-refractivity contribution in [2.24, 2.45) is 5.16 Å². The molecule has 0 amide bonds. The SMILES string of the molecule is CS(=O)(=O)c1ccc(COc2ccc(C=NO)nc2)cc1. The average Bonchev–Trinajstić information content (AvgIpc) is 2.46. The van der Waals surface area contributed by atoms with E-state index in [1.54, 1.807) is 36.4 Å². The van der Waals surface area contributed by atoms with Crippen LogP contribution in [0.15, 0.2) is 52.6 Å². The van der Waals surface area contributed by atoms with Crippen molar-refractivity contribution in [2.45, 2.75) is 11.5 Å². The van der Waals surface area contributed by atoms with E-state index in [1.165, 1.54) is 18.7 Å². The molecule has 1 aromatic carbocycles. The van der Waals surface area contributed by atoms with Crippen LogP contribution in [0.3, 0.4) is 0 Å². The normalized spacial score (nSPS) is 11.7. The number of oxime groups is 1. The molecule has 1 aromatic heterocycles. The zero-order chi connectivity index (χ0) is 15.3. The molecular formula is C14H14N2O4S. The minimum Gasteiger partial charge on any atom is -0.487 e. The fourth-order valence-corrected chi connectivity index (χ4v) is 2.24. The number of sulfone groups is 1. The first-order valence-corrected chi connectivity index (χ1v) is 7.93. The van der Waals surface area contributed by atoms with E-state index in [4.69, 9.17) is 9.94 Å². The number of pyridine rings is 1. The quantitative estimate of drug-likeness (QED) is 0.517. The third-order valence-corrected chi connectivity index (χ3v) is 3.83. The van der Waals surface area contributed by atoms with E-state index in [2.05, 4.69) is 10.1 Å². The lowest BCUT2D eigenvalue weighted by Crippen LogP contribution is -1.99. The van der Waals surface area contributed by atoms with Gasteiger partial charge < -0.3 is 9.94 Å². The van der Waals surface area contributed by atoms with Crippen molar-refractivity contribution >= 4 is 16.1 Å². The Morgan fingerprint density at radius 1 is 1.24 bits per heavy atom. The predicted molar refractivity (Wildman–Crippen MR) is 77.5 cm³/mol. The number of benzene rings is 1. The average molecular weight is 306 g/mol. The smallest absolute Gasteiger partial charge is 0.175 e.